The van der Waals surface area contributed by atoms with Crippen molar-refractivity contribution < 1.29 is 47.1 Å². The number of β-lactam (4-membered cyclic amide) rings is 1. The van der Waals surface area contributed by atoms with Gasteiger partial charge in [-0.3, -0.25) is 14.1 Å². The molecular weight excluding hydrogens is 739 g/mol. The first kappa shape index (κ1) is 42.3. The van der Waals surface area contributed by atoms with E-state index in [4.69, 9.17) is 15.3 Å². The number of hydrogen-bond donors (Lipinski definition) is 4. The molecule has 5 N–H and O–H groups in total. The van der Waals surface area contributed by atoms with Crippen molar-refractivity contribution in [3.05, 3.63) is 58.8 Å². The van der Waals surface area contributed by atoms with E-state index in [1.165, 1.54) is 27.0 Å². The molecule has 0 spiro atoms. The molecule has 17 heteroatoms. The Balaban J connectivity index is 1.70. The van der Waals surface area contributed by atoms with Gasteiger partial charge in [0, 0.05) is 31.4 Å². The van der Waals surface area contributed by atoms with Crippen molar-refractivity contribution in [2.24, 2.45) is 32.7 Å². The molecule has 1 fully saturated rings. The number of carboxylic acid groups (broad SMARTS) is 1. The molecule has 1 amide bonds. The van der Waals surface area contributed by atoms with Gasteiger partial charge >= 0.3 is 16.3 Å². The monoisotopic (exact) mass is 787 g/mol. The van der Waals surface area contributed by atoms with E-state index in [0.29, 0.717) is 23.7 Å². The average Bonchev–Trinajstić information content (AvgIpc) is 3.51. The standard InChI is InChI=1S/C37H49N5O10S2/c1-8-9-10-11-22-17-27(43)31(24-16-21(4)12-13-23(24)20(2)3)29(18-22)51-36(39-7)53-34-25(33(45)42(34)54(48,49)50)19-28(44)32(26-14-15-30(38)40-26)41-52-37(5,6)35(46)47/h14,16-18,23-25,34,43H,2,8-13,15,19H2,1,3-7H3,(H2,38,40)(H,46,47)(H,48,49,50)/b39-36?,41-32-/t23-,24+,25+,34?/m0/s1. The highest BCUT2D eigenvalue weighted by Gasteiger charge is 2.55. The Morgan fingerprint density at radius 3 is 2.52 bits per heavy atom. The van der Waals surface area contributed by atoms with Gasteiger partial charge in [0.05, 0.1) is 11.6 Å². The number of phenolic OH excluding ortho intramolecular Hbond substituents is 1. The van der Waals surface area contributed by atoms with Crippen molar-refractivity contribution in [1.29, 1.82) is 0 Å². The Morgan fingerprint density at radius 1 is 1.24 bits per heavy atom. The fourth-order valence-electron chi connectivity index (χ4n) is 6.42. The zero-order valence-electron chi connectivity index (χ0n) is 31.4. The van der Waals surface area contributed by atoms with Crippen LogP contribution in [0.2, 0.25) is 0 Å². The molecule has 1 aliphatic carbocycles. The van der Waals surface area contributed by atoms with Gasteiger partial charge in [0.2, 0.25) is 11.5 Å². The van der Waals surface area contributed by atoms with Crippen LogP contribution in [0.1, 0.15) is 96.6 Å². The fraction of sp³-hybridized carbons (Fsp3) is 0.514. The number of nitrogens with two attached hydrogens (primary N) is 1. The number of carboxylic acids is 1. The summed E-state index contributed by atoms with van der Waals surface area (Å²) in [5.74, 6) is -4.44. The third-order valence-electron chi connectivity index (χ3n) is 9.48. The Labute approximate surface area is 320 Å². The SMILES string of the molecule is C=C(C)[C@@H]1CCC(C)=C[C@H]1c1c(O)cc(CCCCC)cc1OC(=NC)SC1[C@H](CC(=O)/C(=N\OC(C)(C)C(=O)O)C2=CCC(N)=N2)C(=O)N1S(=O)(=O)O. The van der Waals surface area contributed by atoms with Crippen LogP contribution in [0.4, 0.5) is 0 Å². The van der Waals surface area contributed by atoms with E-state index in [-0.39, 0.29) is 50.8 Å². The summed E-state index contributed by atoms with van der Waals surface area (Å²) < 4.78 is 41.6. The fourth-order valence-corrected chi connectivity index (χ4v) is 8.68. The molecule has 2 aliphatic heterocycles. The number of allylic oxidation sites excluding steroid dienone is 4. The summed E-state index contributed by atoms with van der Waals surface area (Å²) >= 11 is 0.693. The number of amides is 1. The highest BCUT2D eigenvalue weighted by Crippen LogP contribution is 2.48. The zero-order valence-corrected chi connectivity index (χ0v) is 33.0. The summed E-state index contributed by atoms with van der Waals surface area (Å²) in [6.45, 7) is 12.7. The summed E-state index contributed by atoms with van der Waals surface area (Å²) in [5, 5.41) is 23.3. The largest absolute Gasteiger partial charge is 0.507 e. The van der Waals surface area contributed by atoms with Gasteiger partial charge in [0.15, 0.2) is 11.5 Å². The van der Waals surface area contributed by atoms with Crippen molar-refractivity contribution in [3.8, 4) is 11.5 Å². The molecule has 1 aromatic rings. The Morgan fingerprint density at radius 2 is 1.94 bits per heavy atom. The molecule has 294 valence electrons. The van der Waals surface area contributed by atoms with Gasteiger partial charge in [-0.2, -0.15) is 8.42 Å². The summed E-state index contributed by atoms with van der Waals surface area (Å²) in [4.78, 5) is 52.1. The van der Waals surface area contributed by atoms with Crippen molar-refractivity contribution in [2.45, 2.75) is 103 Å². The van der Waals surface area contributed by atoms with Crippen molar-refractivity contribution in [3.63, 3.8) is 0 Å². The quantitative estimate of drug-likeness (QED) is 0.0302. The number of ketones is 1. The second-order valence-electron chi connectivity index (χ2n) is 14.2. The van der Waals surface area contributed by atoms with Gasteiger partial charge < -0.3 is 25.5 Å². The number of aliphatic carboxylic acids is 1. The molecule has 1 unspecified atom stereocenters. The lowest BCUT2D eigenvalue weighted by atomic mass is 9.73. The first-order chi connectivity index (χ1) is 25.3. The maximum absolute atomic E-state index is 13.7. The number of aryl methyl sites for hydroxylation is 1. The van der Waals surface area contributed by atoms with Crippen LogP contribution in [-0.2, 0) is 35.9 Å². The van der Waals surface area contributed by atoms with E-state index in [1.54, 1.807) is 6.07 Å². The number of hydrogen-bond acceptors (Lipinski definition) is 13. The molecule has 0 radical (unpaired) electrons. The van der Waals surface area contributed by atoms with Crippen LogP contribution in [0.5, 0.6) is 11.5 Å². The molecule has 0 bridgehead atoms. The Kier molecular flexibility index (Phi) is 13.6. The van der Waals surface area contributed by atoms with Crippen LogP contribution < -0.4 is 10.5 Å². The number of ether oxygens (including phenoxy) is 1. The number of carbonyl (C=O) groups excluding carboxylic acids is 2. The highest BCUT2D eigenvalue weighted by atomic mass is 32.2. The zero-order chi connectivity index (χ0) is 40.1. The number of unbranched alkanes of at least 4 members (excludes halogenated alkanes) is 2. The molecule has 3 aliphatic rings. The lowest BCUT2D eigenvalue weighted by Gasteiger charge is -2.43. The number of oxime groups is 1. The van der Waals surface area contributed by atoms with Crippen LogP contribution in [-0.4, -0.2) is 79.9 Å². The summed E-state index contributed by atoms with van der Waals surface area (Å²) in [5.41, 5.74) is 6.92. The van der Waals surface area contributed by atoms with E-state index in [9.17, 15) is 37.6 Å². The van der Waals surface area contributed by atoms with Gasteiger partial charge in [-0.25, -0.2) is 19.1 Å². The predicted octanol–water partition coefficient (Wildman–Crippen LogP) is 5.67. The van der Waals surface area contributed by atoms with Crippen LogP contribution in [0.25, 0.3) is 0 Å². The van der Waals surface area contributed by atoms with Crippen LogP contribution in [0, 0.1) is 11.8 Å². The number of nitrogens with zero attached hydrogens (tertiary/aromatic N) is 4. The summed E-state index contributed by atoms with van der Waals surface area (Å²) in [6, 6.07) is 3.55. The lowest BCUT2D eigenvalue weighted by Crippen LogP contribution is -2.62. The second-order valence-corrected chi connectivity index (χ2v) is 16.6. The summed E-state index contributed by atoms with van der Waals surface area (Å²) in [6.07, 6.45) is 8.29. The predicted molar refractivity (Wildman–Crippen MR) is 207 cm³/mol. The van der Waals surface area contributed by atoms with Crippen LogP contribution in [0.15, 0.2) is 62.8 Å². The molecule has 4 atom stereocenters. The highest BCUT2D eigenvalue weighted by molar-refractivity contribution is 8.14. The van der Waals surface area contributed by atoms with E-state index in [0.717, 1.165) is 48.8 Å². The van der Waals surface area contributed by atoms with Crippen molar-refractivity contribution in [2.75, 3.05) is 7.05 Å². The van der Waals surface area contributed by atoms with Gasteiger partial charge in [0.25, 0.3) is 5.23 Å². The number of amidine groups is 1. The normalized spacial score (nSPS) is 22.2. The van der Waals surface area contributed by atoms with Gasteiger partial charge in [0.1, 0.15) is 22.7 Å². The van der Waals surface area contributed by atoms with Gasteiger partial charge in [-0.05, 0) is 94.8 Å². The number of Topliss-reactive ketones (excluding diaryl/α,β-unsaturated/α-hetero) is 1. The first-order valence-electron chi connectivity index (χ1n) is 17.7. The second kappa shape index (κ2) is 17.3. The van der Waals surface area contributed by atoms with Crippen molar-refractivity contribution >= 4 is 56.5 Å². The smallest absolute Gasteiger partial charge is 0.363 e. The number of phenols is 1. The summed E-state index contributed by atoms with van der Waals surface area (Å²) in [7, 11) is -3.71. The van der Waals surface area contributed by atoms with E-state index in [1.807, 2.05) is 19.9 Å². The number of rotatable bonds is 16. The number of benzene rings is 1. The molecule has 54 heavy (non-hydrogen) atoms. The number of aliphatic imine (C=N–C) groups is 2. The molecule has 1 saturated heterocycles. The molecular formula is C37H49N5O10S2. The molecule has 1 aromatic carbocycles. The Hall–Kier alpha value is -4.48. The van der Waals surface area contributed by atoms with E-state index in [2.05, 4.69) is 34.7 Å². The number of aromatic hydroxyl groups is 1. The molecule has 0 saturated carbocycles. The Bertz CT molecular complexity index is 1950. The topological polar surface area (TPSA) is 231 Å². The average molecular weight is 788 g/mol. The maximum Gasteiger partial charge on any atom is 0.363 e. The number of carbonyl (C=O) groups is 3. The minimum absolute atomic E-state index is 0.00666. The number of thioether (sulfide) groups is 1. The molecule has 2 heterocycles. The molecule has 4 rings (SSSR count). The molecule has 15 nitrogen and oxygen atoms in total. The van der Waals surface area contributed by atoms with E-state index >= 15 is 0 Å². The van der Waals surface area contributed by atoms with E-state index < -0.39 is 57.0 Å². The van der Waals surface area contributed by atoms with Crippen molar-refractivity contribution in [1.82, 2.24) is 4.31 Å². The lowest BCUT2D eigenvalue weighted by molar-refractivity contribution is -0.161. The molecule has 0 aromatic heterocycles. The van der Waals surface area contributed by atoms with Gasteiger partial charge in [-0.15, -0.1) is 0 Å². The maximum atomic E-state index is 13.7. The van der Waals surface area contributed by atoms with Crippen LogP contribution >= 0.6 is 11.8 Å². The van der Waals surface area contributed by atoms with Gasteiger partial charge in [-0.1, -0.05) is 48.7 Å². The third-order valence-corrected chi connectivity index (χ3v) is 11.8. The third kappa shape index (κ3) is 9.78. The minimum atomic E-state index is -5.10. The first-order valence-corrected chi connectivity index (χ1v) is 19.9. The van der Waals surface area contributed by atoms with Crippen LogP contribution in [0.3, 0.4) is 0 Å². The minimum Gasteiger partial charge on any atom is -0.507 e.